The molecule has 228 valence electrons. The number of guanidine groups is 2. The van der Waals surface area contributed by atoms with Crippen molar-refractivity contribution in [1.29, 1.82) is 0 Å². The molecule has 0 aliphatic heterocycles. The van der Waals surface area contributed by atoms with E-state index in [0.717, 1.165) is 0 Å². The van der Waals surface area contributed by atoms with Crippen LogP contribution in [-0.2, 0) is 25.6 Å². The van der Waals surface area contributed by atoms with Crippen LogP contribution in [-0.4, -0.2) is 94.8 Å². The van der Waals surface area contributed by atoms with Gasteiger partial charge in [-0.25, -0.2) is 4.79 Å². The second kappa shape index (κ2) is 17.9. The zero-order valence-corrected chi connectivity index (χ0v) is 22.5. The van der Waals surface area contributed by atoms with E-state index in [1.807, 2.05) is 0 Å². The quantitative estimate of drug-likeness (QED) is 0.0448. The zero-order chi connectivity index (χ0) is 30.9. The van der Waals surface area contributed by atoms with Crippen LogP contribution in [0.4, 0.5) is 0 Å². The van der Waals surface area contributed by atoms with Crippen LogP contribution in [0, 0.1) is 0 Å². The third-order valence-corrected chi connectivity index (χ3v) is 5.69. The highest BCUT2D eigenvalue weighted by Gasteiger charge is 2.30. The van der Waals surface area contributed by atoms with Crippen molar-refractivity contribution >= 4 is 35.6 Å². The second-order valence-electron chi connectivity index (χ2n) is 9.08. The van der Waals surface area contributed by atoms with Gasteiger partial charge in [0.25, 0.3) is 0 Å². The number of aliphatic hydroxyl groups is 1. The molecular weight excluding hydrogens is 540 g/mol. The molecule has 16 N–H and O–H groups in total. The second-order valence-corrected chi connectivity index (χ2v) is 9.08. The Hall–Kier alpha value is -4.64. The molecule has 0 heterocycles. The molecule has 1 aromatic carbocycles. The molecule has 17 nitrogen and oxygen atoms in total. The maximum absolute atomic E-state index is 13.1. The van der Waals surface area contributed by atoms with Gasteiger partial charge in [-0.3, -0.25) is 24.4 Å². The van der Waals surface area contributed by atoms with E-state index in [0.29, 0.717) is 12.0 Å². The van der Waals surface area contributed by atoms with E-state index in [9.17, 15) is 34.5 Å². The third-order valence-electron chi connectivity index (χ3n) is 5.69. The van der Waals surface area contributed by atoms with E-state index in [-0.39, 0.29) is 56.4 Å². The average Bonchev–Trinajstić information content (AvgIpc) is 2.91. The average molecular weight is 581 g/mol. The minimum Gasteiger partial charge on any atom is -0.508 e. The lowest BCUT2D eigenvalue weighted by Gasteiger charge is -2.24. The van der Waals surface area contributed by atoms with Gasteiger partial charge in [0.05, 0.1) is 12.6 Å². The van der Waals surface area contributed by atoms with Crippen molar-refractivity contribution in [3.8, 4) is 5.75 Å². The van der Waals surface area contributed by atoms with E-state index >= 15 is 0 Å². The Kier molecular flexibility index (Phi) is 15.0. The highest BCUT2D eigenvalue weighted by atomic mass is 16.4. The number of aromatic hydroxyl groups is 1. The fourth-order valence-corrected chi connectivity index (χ4v) is 3.51. The van der Waals surface area contributed by atoms with E-state index in [2.05, 4.69) is 25.9 Å². The molecule has 1 rings (SSSR count). The molecule has 0 saturated heterocycles. The Morgan fingerprint density at radius 1 is 0.756 bits per heavy atom. The minimum absolute atomic E-state index is 0.00367. The number of carboxylic acids is 1. The number of carbonyl (C=O) groups is 4. The summed E-state index contributed by atoms with van der Waals surface area (Å²) < 4.78 is 0. The van der Waals surface area contributed by atoms with Crippen LogP contribution in [0.2, 0.25) is 0 Å². The summed E-state index contributed by atoms with van der Waals surface area (Å²) >= 11 is 0. The number of hydrogen-bond donors (Lipinski definition) is 11. The molecule has 0 saturated carbocycles. The number of aliphatic imine (C=N–C) groups is 2. The van der Waals surface area contributed by atoms with Crippen LogP contribution in [0.3, 0.4) is 0 Å². The highest BCUT2D eigenvalue weighted by molar-refractivity contribution is 5.94. The van der Waals surface area contributed by atoms with Crippen LogP contribution in [0.1, 0.15) is 31.2 Å². The van der Waals surface area contributed by atoms with Gasteiger partial charge in [0.2, 0.25) is 17.7 Å². The molecule has 0 spiro atoms. The zero-order valence-electron chi connectivity index (χ0n) is 22.5. The number of benzene rings is 1. The molecule has 0 fully saturated rings. The maximum Gasteiger partial charge on any atom is 0.326 e. The van der Waals surface area contributed by atoms with Gasteiger partial charge in [-0.15, -0.1) is 0 Å². The number of aliphatic hydroxyl groups excluding tert-OH is 1. The van der Waals surface area contributed by atoms with Gasteiger partial charge in [0.1, 0.15) is 23.9 Å². The van der Waals surface area contributed by atoms with E-state index < -0.39 is 54.5 Å². The van der Waals surface area contributed by atoms with E-state index in [4.69, 9.17) is 28.7 Å². The van der Waals surface area contributed by atoms with Crippen LogP contribution < -0.4 is 44.6 Å². The van der Waals surface area contributed by atoms with Crippen molar-refractivity contribution in [1.82, 2.24) is 16.0 Å². The lowest BCUT2D eigenvalue weighted by Crippen LogP contribution is -2.58. The number of aliphatic carboxylic acids is 1. The molecule has 0 radical (unpaired) electrons. The number of nitrogens with two attached hydrogens (primary N) is 5. The summed E-state index contributed by atoms with van der Waals surface area (Å²) in [5, 5.41) is 36.0. The summed E-state index contributed by atoms with van der Waals surface area (Å²) in [6, 6.07) is 0.654. The monoisotopic (exact) mass is 580 g/mol. The Labute approximate surface area is 236 Å². The summed E-state index contributed by atoms with van der Waals surface area (Å²) in [4.78, 5) is 57.9. The number of nitrogens with one attached hydrogen (secondary N) is 3. The van der Waals surface area contributed by atoms with Gasteiger partial charge in [-0.05, 0) is 43.4 Å². The third kappa shape index (κ3) is 13.8. The molecule has 41 heavy (non-hydrogen) atoms. The number of carboxylic acid groups (broad SMARTS) is 1. The lowest BCUT2D eigenvalue weighted by molar-refractivity contribution is -0.142. The predicted molar refractivity (Wildman–Crippen MR) is 150 cm³/mol. The number of carbonyl (C=O) groups excluding carboxylic acids is 3. The van der Waals surface area contributed by atoms with Crippen LogP contribution in [0.15, 0.2) is 34.3 Å². The first-order valence-corrected chi connectivity index (χ1v) is 12.7. The molecular formula is C24H40N10O7. The number of phenolic OH excluding ortho intramolecular Hbond substituents is 1. The summed E-state index contributed by atoms with van der Waals surface area (Å²) in [5.74, 6) is -4.07. The van der Waals surface area contributed by atoms with Gasteiger partial charge in [-0.1, -0.05) is 12.1 Å². The summed E-state index contributed by atoms with van der Waals surface area (Å²) in [5.41, 5.74) is 27.5. The summed E-state index contributed by atoms with van der Waals surface area (Å²) in [6.45, 7) is -0.445. The largest absolute Gasteiger partial charge is 0.508 e. The first kappa shape index (κ1) is 34.4. The smallest absolute Gasteiger partial charge is 0.326 e. The van der Waals surface area contributed by atoms with Gasteiger partial charge < -0.3 is 59.9 Å². The van der Waals surface area contributed by atoms with Gasteiger partial charge >= 0.3 is 5.97 Å². The topological polar surface area (TPSA) is 320 Å². The van der Waals surface area contributed by atoms with Crippen molar-refractivity contribution in [2.24, 2.45) is 38.7 Å². The minimum atomic E-state index is -1.45. The fraction of sp³-hybridized carbons (Fsp3) is 0.500. The first-order valence-electron chi connectivity index (χ1n) is 12.7. The van der Waals surface area contributed by atoms with Crippen molar-refractivity contribution in [3.63, 3.8) is 0 Å². The number of amides is 3. The van der Waals surface area contributed by atoms with Crippen molar-refractivity contribution < 1.29 is 34.5 Å². The molecule has 0 unspecified atom stereocenters. The fourth-order valence-electron chi connectivity index (χ4n) is 3.51. The molecule has 0 bridgehead atoms. The highest BCUT2D eigenvalue weighted by Crippen LogP contribution is 2.12. The molecule has 17 heteroatoms. The Bertz CT molecular complexity index is 1070. The molecule has 0 aliphatic rings. The first-order chi connectivity index (χ1) is 19.3. The van der Waals surface area contributed by atoms with Crippen LogP contribution in [0.25, 0.3) is 0 Å². The maximum atomic E-state index is 13.1. The summed E-state index contributed by atoms with van der Waals surface area (Å²) in [7, 11) is 0. The van der Waals surface area contributed by atoms with Crippen LogP contribution >= 0.6 is 0 Å². The Balaban J connectivity index is 2.93. The van der Waals surface area contributed by atoms with Crippen molar-refractivity contribution in [2.75, 3.05) is 19.7 Å². The lowest BCUT2D eigenvalue weighted by atomic mass is 10.0. The molecule has 0 aromatic heterocycles. The number of phenols is 1. The van der Waals surface area contributed by atoms with Gasteiger partial charge in [0.15, 0.2) is 11.9 Å². The number of nitrogens with zero attached hydrogens (tertiary/aromatic N) is 2. The van der Waals surface area contributed by atoms with E-state index in [1.165, 1.54) is 24.3 Å². The predicted octanol–water partition coefficient (Wildman–Crippen LogP) is -4.10. The number of rotatable bonds is 18. The molecule has 3 amide bonds. The Morgan fingerprint density at radius 2 is 1.24 bits per heavy atom. The molecule has 0 aliphatic carbocycles. The normalized spacial score (nSPS) is 13.5. The van der Waals surface area contributed by atoms with Crippen molar-refractivity contribution in [3.05, 3.63) is 29.8 Å². The Morgan fingerprint density at radius 3 is 1.76 bits per heavy atom. The van der Waals surface area contributed by atoms with Gasteiger partial charge in [0, 0.05) is 19.5 Å². The van der Waals surface area contributed by atoms with Gasteiger partial charge in [-0.2, -0.15) is 0 Å². The SMILES string of the molecule is NC(N)=NCCC[C@H](NC(=O)[C@H](CO)NC(=O)[C@@H](N)CCCN=C(N)N)C(=O)N[C@@H](Cc1ccc(O)cc1)C(=O)O. The van der Waals surface area contributed by atoms with E-state index in [1.54, 1.807) is 0 Å². The van der Waals surface area contributed by atoms with Crippen LogP contribution in [0.5, 0.6) is 5.75 Å². The summed E-state index contributed by atoms with van der Waals surface area (Å²) in [6.07, 6.45) is 0.691. The van der Waals surface area contributed by atoms with Crippen molar-refractivity contribution in [2.45, 2.75) is 56.3 Å². The molecule has 1 aromatic rings. The number of hydrogen-bond acceptors (Lipinski definition) is 9. The standard InChI is InChI=1S/C24H40N10O7/c25-15(3-1-9-30-23(26)27)19(37)34-18(12-35)21(39)32-16(4-2-10-31-24(28)29)20(38)33-17(22(40)41)11-13-5-7-14(36)8-6-13/h5-8,15-18,35-36H,1-4,9-12,25H2,(H,32,39)(H,33,38)(H,34,37)(H,40,41)(H4,26,27,30)(H4,28,29,31)/t15-,16-,17-,18-/m0/s1. The molecule has 4 atom stereocenters.